The fourth-order valence-electron chi connectivity index (χ4n) is 1.53. The Bertz CT molecular complexity index is 538. The van der Waals surface area contributed by atoms with Crippen LogP contribution in [0.15, 0.2) is 36.5 Å². The third-order valence-electron chi connectivity index (χ3n) is 2.36. The van der Waals surface area contributed by atoms with Crippen molar-refractivity contribution in [3.63, 3.8) is 0 Å². The Hall–Kier alpha value is -2.23. The van der Waals surface area contributed by atoms with Gasteiger partial charge in [0.05, 0.1) is 19.0 Å². The summed E-state index contributed by atoms with van der Waals surface area (Å²) >= 11 is 0. The van der Waals surface area contributed by atoms with Crippen LogP contribution in [-0.4, -0.2) is 18.4 Å². The molecule has 0 aliphatic rings. The number of carbonyl (C=O) groups is 1. The third kappa shape index (κ3) is 2.30. The van der Waals surface area contributed by atoms with Crippen LogP contribution in [0.2, 0.25) is 0 Å². The summed E-state index contributed by atoms with van der Waals surface area (Å²) in [7, 11) is 1.53. The molecule has 0 fully saturated rings. The molecule has 0 aliphatic carbocycles. The normalized spacial score (nSPS) is 10.0. The van der Waals surface area contributed by atoms with Gasteiger partial charge in [0.1, 0.15) is 17.9 Å². The van der Waals surface area contributed by atoms with Crippen molar-refractivity contribution < 1.29 is 13.9 Å². The first-order chi connectivity index (χ1) is 8.24. The minimum atomic E-state index is -0.403. The number of aldehydes is 1. The predicted molar refractivity (Wildman–Crippen MR) is 61.6 cm³/mol. The molecule has 0 radical (unpaired) electrons. The van der Waals surface area contributed by atoms with E-state index in [1.807, 2.05) is 0 Å². The van der Waals surface area contributed by atoms with Crippen LogP contribution in [0.25, 0.3) is 11.3 Å². The van der Waals surface area contributed by atoms with Gasteiger partial charge in [-0.15, -0.1) is 0 Å². The highest BCUT2D eigenvalue weighted by Crippen LogP contribution is 2.29. The molecule has 0 bridgehead atoms. The Morgan fingerprint density at radius 1 is 1.29 bits per heavy atom. The van der Waals surface area contributed by atoms with Crippen LogP contribution in [0.5, 0.6) is 5.75 Å². The van der Waals surface area contributed by atoms with Crippen molar-refractivity contribution in [1.29, 1.82) is 0 Å². The van der Waals surface area contributed by atoms with Gasteiger partial charge in [0, 0.05) is 11.1 Å². The topological polar surface area (TPSA) is 39.2 Å². The number of carbonyl (C=O) groups excluding carboxylic acids is 1. The molecule has 2 aromatic rings. The van der Waals surface area contributed by atoms with Gasteiger partial charge in [-0.25, -0.2) is 4.39 Å². The lowest BCUT2D eigenvalue weighted by Gasteiger charge is -2.08. The van der Waals surface area contributed by atoms with Crippen LogP contribution in [0.1, 0.15) is 10.4 Å². The Balaban J connectivity index is 2.55. The molecule has 0 saturated heterocycles. The van der Waals surface area contributed by atoms with Gasteiger partial charge in [-0.1, -0.05) is 0 Å². The van der Waals surface area contributed by atoms with Crippen molar-refractivity contribution in [2.75, 3.05) is 7.11 Å². The van der Waals surface area contributed by atoms with Crippen LogP contribution in [0.3, 0.4) is 0 Å². The number of rotatable bonds is 3. The summed E-state index contributed by atoms with van der Waals surface area (Å²) in [5, 5.41) is 0. The highest BCUT2D eigenvalue weighted by atomic mass is 19.1. The number of nitrogens with zero attached hydrogens (tertiary/aromatic N) is 1. The fourth-order valence-corrected chi connectivity index (χ4v) is 1.53. The average Bonchev–Trinajstić information content (AvgIpc) is 2.39. The lowest BCUT2D eigenvalue weighted by atomic mass is 10.1. The number of halogens is 1. The summed E-state index contributed by atoms with van der Waals surface area (Å²) in [6.45, 7) is 0. The number of aromatic nitrogens is 1. The summed E-state index contributed by atoms with van der Waals surface area (Å²) in [4.78, 5) is 14.7. The van der Waals surface area contributed by atoms with Crippen molar-refractivity contribution in [3.8, 4) is 17.0 Å². The van der Waals surface area contributed by atoms with Crippen LogP contribution in [0, 0.1) is 5.82 Å². The van der Waals surface area contributed by atoms with Crippen LogP contribution >= 0.6 is 0 Å². The molecule has 0 spiro atoms. The van der Waals surface area contributed by atoms with E-state index in [1.54, 1.807) is 24.3 Å². The second kappa shape index (κ2) is 4.74. The minimum Gasteiger partial charge on any atom is -0.496 e. The van der Waals surface area contributed by atoms with E-state index < -0.39 is 5.82 Å². The average molecular weight is 231 g/mol. The van der Waals surface area contributed by atoms with Crippen molar-refractivity contribution in [1.82, 2.24) is 4.98 Å². The standard InChI is InChI=1S/C13H10FNO2/c1-17-13-5-2-9(8-16)6-11(13)12-4-3-10(14)7-15-12/h2-8H,1H3. The van der Waals surface area contributed by atoms with Crippen LogP contribution in [0.4, 0.5) is 4.39 Å². The van der Waals surface area contributed by atoms with E-state index >= 15 is 0 Å². The molecule has 1 aromatic carbocycles. The zero-order chi connectivity index (χ0) is 12.3. The molecule has 0 aliphatic heterocycles. The van der Waals surface area contributed by atoms with E-state index in [9.17, 15) is 9.18 Å². The molecule has 0 N–H and O–H groups in total. The predicted octanol–water partition coefficient (Wildman–Crippen LogP) is 2.71. The molecule has 0 atom stereocenters. The van der Waals surface area contributed by atoms with Gasteiger partial charge in [0.2, 0.25) is 0 Å². The Morgan fingerprint density at radius 2 is 2.12 bits per heavy atom. The third-order valence-corrected chi connectivity index (χ3v) is 2.36. The lowest BCUT2D eigenvalue weighted by Crippen LogP contribution is -1.92. The molecule has 1 heterocycles. The molecule has 17 heavy (non-hydrogen) atoms. The van der Waals surface area contributed by atoms with Gasteiger partial charge >= 0.3 is 0 Å². The largest absolute Gasteiger partial charge is 0.496 e. The Kier molecular flexibility index (Phi) is 3.14. The Morgan fingerprint density at radius 3 is 2.71 bits per heavy atom. The molecule has 0 unspecified atom stereocenters. The number of benzene rings is 1. The molecule has 4 heteroatoms. The number of pyridine rings is 1. The molecular formula is C13H10FNO2. The van der Waals surface area contributed by atoms with E-state index in [2.05, 4.69) is 4.98 Å². The number of methoxy groups -OCH3 is 1. The monoisotopic (exact) mass is 231 g/mol. The molecule has 3 nitrogen and oxygen atoms in total. The summed E-state index contributed by atoms with van der Waals surface area (Å²) in [6, 6.07) is 7.85. The quantitative estimate of drug-likeness (QED) is 0.762. The van der Waals surface area contributed by atoms with Crippen molar-refractivity contribution >= 4 is 6.29 Å². The van der Waals surface area contributed by atoms with E-state index in [4.69, 9.17) is 4.74 Å². The van der Waals surface area contributed by atoms with Crippen LogP contribution < -0.4 is 4.74 Å². The van der Waals surface area contributed by atoms with E-state index in [1.165, 1.54) is 13.2 Å². The van der Waals surface area contributed by atoms with E-state index in [0.717, 1.165) is 12.5 Å². The molecular weight excluding hydrogens is 221 g/mol. The van der Waals surface area contributed by atoms with Gasteiger partial charge < -0.3 is 4.74 Å². The SMILES string of the molecule is COc1ccc(C=O)cc1-c1ccc(F)cn1. The maximum atomic E-state index is 12.8. The molecule has 1 aromatic heterocycles. The summed E-state index contributed by atoms with van der Waals surface area (Å²) in [5.74, 6) is 0.189. The lowest BCUT2D eigenvalue weighted by molar-refractivity contribution is 0.112. The number of ether oxygens (including phenoxy) is 1. The highest BCUT2D eigenvalue weighted by molar-refractivity contribution is 5.80. The second-order valence-corrected chi connectivity index (χ2v) is 3.44. The number of hydrogen-bond donors (Lipinski definition) is 0. The number of hydrogen-bond acceptors (Lipinski definition) is 3. The van der Waals surface area contributed by atoms with E-state index in [0.29, 0.717) is 22.6 Å². The van der Waals surface area contributed by atoms with Gasteiger partial charge in [-0.2, -0.15) is 0 Å². The maximum absolute atomic E-state index is 12.8. The summed E-state index contributed by atoms with van der Waals surface area (Å²) in [6.07, 6.45) is 1.87. The van der Waals surface area contributed by atoms with Crippen molar-refractivity contribution in [2.45, 2.75) is 0 Å². The van der Waals surface area contributed by atoms with Crippen LogP contribution in [-0.2, 0) is 0 Å². The Labute approximate surface area is 97.9 Å². The van der Waals surface area contributed by atoms with Gasteiger partial charge in [-0.05, 0) is 30.3 Å². The molecule has 86 valence electrons. The van der Waals surface area contributed by atoms with Gasteiger partial charge in [-0.3, -0.25) is 9.78 Å². The minimum absolute atomic E-state index is 0.403. The molecule has 0 saturated carbocycles. The van der Waals surface area contributed by atoms with Crippen molar-refractivity contribution in [3.05, 3.63) is 47.9 Å². The van der Waals surface area contributed by atoms with Gasteiger partial charge in [0.25, 0.3) is 0 Å². The first-order valence-electron chi connectivity index (χ1n) is 4.99. The second-order valence-electron chi connectivity index (χ2n) is 3.44. The fraction of sp³-hybridized carbons (Fsp3) is 0.0769. The summed E-state index contributed by atoms with van der Waals surface area (Å²) in [5.41, 5.74) is 1.75. The van der Waals surface area contributed by atoms with Gasteiger partial charge in [0.15, 0.2) is 0 Å². The zero-order valence-electron chi connectivity index (χ0n) is 9.18. The molecule has 2 rings (SSSR count). The summed E-state index contributed by atoms with van der Waals surface area (Å²) < 4.78 is 18.0. The van der Waals surface area contributed by atoms with E-state index in [-0.39, 0.29) is 0 Å². The zero-order valence-corrected chi connectivity index (χ0v) is 9.18. The smallest absolute Gasteiger partial charge is 0.150 e. The highest BCUT2D eigenvalue weighted by Gasteiger charge is 2.08. The maximum Gasteiger partial charge on any atom is 0.150 e. The van der Waals surface area contributed by atoms with Crippen molar-refractivity contribution in [2.24, 2.45) is 0 Å². The first kappa shape index (κ1) is 11.3. The molecule has 0 amide bonds. The first-order valence-corrected chi connectivity index (χ1v) is 4.99.